The maximum atomic E-state index is 9.35. The minimum Gasteiger partial charge on any atom is -0.508 e. The van der Waals surface area contributed by atoms with Crippen molar-refractivity contribution < 1.29 is 5.11 Å². The Kier molecular flexibility index (Phi) is 2.43. The van der Waals surface area contributed by atoms with Crippen LogP contribution in [0.2, 0.25) is 0 Å². The summed E-state index contributed by atoms with van der Waals surface area (Å²) in [4.78, 5) is 4.18. The third kappa shape index (κ3) is 1.85. The molecule has 0 aliphatic rings. The maximum absolute atomic E-state index is 9.35. The van der Waals surface area contributed by atoms with Crippen molar-refractivity contribution in [1.82, 2.24) is 9.55 Å². The molecule has 1 heterocycles. The van der Waals surface area contributed by atoms with E-state index in [9.17, 15) is 5.11 Å². The Morgan fingerprint density at radius 1 is 1.47 bits per heavy atom. The van der Waals surface area contributed by atoms with E-state index in [1.807, 2.05) is 23.9 Å². The summed E-state index contributed by atoms with van der Waals surface area (Å²) in [6.07, 6.45) is 3.55. The molecule has 0 spiro atoms. The minimum absolute atomic E-state index is 0.220. The van der Waals surface area contributed by atoms with Crippen LogP contribution in [0.15, 0.2) is 36.7 Å². The first-order valence-electron chi connectivity index (χ1n) is 4.70. The van der Waals surface area contributed by atoms with Gasteiger partial charge in [-0.15, -0.1) is 0 Å². The van der Waals surface area contributed by atoms with Gasteiger partial charge in [0, 0.05) is 19.4 Å². The summed E-state index contributed by atoms with van der Waals surface area (Å²) in [6, 6.07) is 6.61. The lowest BCUT2D eigenvalue weighted by molar-refractivity contribution is 0.474. The van der Waals surface area contributed by atoms with Crippen LogP contribution in [0.25, 0.3) is 0 Å². The monoisotopic (exact) mass is 203 g/mol. The van der Waals surface area contributed by atoms with E-state index in [-0.39, 0.29) is 11.8 Å². The average molecular weight is 203 g/mol. The average Bonchev–Trinajstić information content (AvgIpc) is 2.63. The molecule has 4 heteroatoms. The first-order chi connectivity index (χ1) is 7.18. The van der Waals surface area contributed by atoms with Crippen molar-refractivity contribution >= 4 is 0 Å². The predicted molar refractivity (Wildman–Crippen MR) is 57.3 cm³/mol. The minimum atomic E-state index is -0.308. The van der Waals surface area contributed by atoms with Gasteiger partial charge in [-0.05, 0) is 17.7 Å². The number of nitrogens with zero attached hydrogens (tertiary/aromatic N) is 2. The van der Waals surface area contributed by atoms with Gasteiger partial charge in [-0.25, -0.2) is 4.98 Å². The first-order valence-corrected chi connectivity index (χ1v) is 4.70. The molecule has 1 unspecified atom stereocenters. The third-order valence-electron chi connectivity index (χ3n) is 2.37. The zero-order chi connectivity index (χ0) is 10.8. The molecule has 0 bridgehead atoms. The summed E-state index contributed by atoms with van der Waals surface area (Å²) in [5.41, 5.74) is 6.89. The van der Waals surface area contributed by atoms with Crippen LogP contribution in [-0.4, -0.2) is 14.7 Å². The number of aromatic nitrogens is 2. The molecule has 1 aromatic heterocycles. The number of benzene rings is 1. The van der Waals surface area contributed by atoms with Crippen LogP contribution in [0.3, 0.4) is 0 Å². The summed E-state index contributed by atoms with van der Waals surface area (Å²) in [5, 5.41) is 9.35. The number of nitrogens with two attached hydrogens (primary N) is 1. The number of hydrogen-bond donors (Lipinski definition) is 2. The summed E-state index contributed by atoms with van der Waals surface area (Å²) >= 11 is 0. The van der Waals surface area contributed by atoms with Crippen molar-refractivity contribution in [2.75, 3.05) is 0 Å². The van der Waals surface area contributed by atoms with E-state index in [0.29, 0.717) is 0 Å². The van der Waals surface area contributed by atoms with Crippen molar-refractivity contribution in [3.8, 4) is 5.75 Å². The SMILES string of the molecule is Cn1ccnc1C(N)c1cccc(O)c1. The molecular weight excluding hydrogens is 190 g/mol. The molecule has 0 saturated heterocycles. The van der Waals surface area contributed by atoms with E-state index in [1.54, 1.807) is 24.4 Å². The highest BCUT2D eigenvalue weighted by molar-refractivity contribution is 5.32. The van der Waals surface area contributed by atoms with E-state index in [2.05, 4.69) is 4.98 Å². The molecule has 1 atom stereocenters. The lowest BCUT2D eigenvalue weighted by atomic mass is 10.1. The van der Waals surface area contributed by atoms with Gasteiger partial charge in [0.15, 0.2) is 0 Å². The number of aromatic hydroxyl groups is 1. The van der Waals surface area contributed by atoms with Crippen LogP contribution in [0.1, 0.15) is 17.4 Å². The Hall–Kier alpha value is -1.81. The van der Waals surface area contributed by atoms with Crippen LogP contribution in [0.5, 0.6) is 5.75 Å². The zero-order valence-electron chi connectivity index (χ0n) is 8.46. The van der Waals surface area contributed by atoms with Gasteiger partial charge >= 0.3 is 0 Å². The van der Waals surface area contributed by atoms with Gasteiger partial charge in [0.1, 0.15) is 11.6 Å². The smallest absolute Gasteiger partial charge is 0.129 e. The van der Waals surface area contributed by atoms with E-state index < -0.39 is 0 Å². The molecule has 4 nitrogen and oxygen atoms in total. The normalized spacial score (nSPS) is 12.7. The number of hydrogen-bond acceptors (Lipinski definition) is 3. The van der Waals surface area contributed by atoms with Gasteiger partial charge in [0.25, 0.3) is 0 Å². The van der Waals surface area contributed by atoms with Crippen LogP contribution in [0, 0.1) is 0 Å². The van der Waals surface area contributed by atoms with Gasteiger partial charge in [0.2, 0.25) is 0 Å². The molecule has 3 N–H and O–H groups in total. The van der Waals surface area contributed by atoms with Crippen molar-refractivity contribution in [3.63, 3.8) is 0 Å². The standard InChI is InChI=1S/C11H13N3O/c1-14-6-5-13-11(14)10(12)8-3-2-4-9(15)7-8/h2-7,10,15H,12H2,1H3. The number of imidazole rings is 1. The second-order valence-corrected chi connectivity index (χ2v) is 3.47. The topological polar surface area (TPSA) is 64.1 Å². The molecule has 0 fully saturated rings. The van der Waals surface area contributed by atoms with Crippen molar-refractivity contribution in [2.24, 2.45) is 12.8 Å². The molecular formula is C11H13N3O. The fraction of sp³-hybridized carbons (Fsp3) is 0.182. The first kappa shape index (κ1) is 9.73. The fourth-order valence-corrected chi connectivity index (χ4v) is 1.54. The molecule has 2 rings (SSSR count). The Bertz CT molecular complexity index is 464. The van der Waals surface area contributed by atoms with Crippen LogP contribution < -0.4 is 5.73 Å². The summed E-state index contributed by atoms with van der Waals surface area (Å²) in [6.45, 7) is 0. The van der Waals surface area contributed by atoms with Crippen LogP contribution >= 0.6 is 0 Å². The van der Waals surface area contributed by atoms with Gasteiger partial charge in [-0.1, -0.05) is 12.1 Å². The summed E-state index contributed by atoms with van der Waals surface area (Å²) in [7, 11) is 1.89. The number of phenolic OH excluding ortho intramolecular Hbond substituents is 1. The number of aryl methyl sites for hydroxylation is 1. The predicted octanol–water partition coefficient (Wildman–Crippen LogP) is 1.17. The van der Waals surface area contributed by atoms with E-state index in [0.717, 1.165) is 11.4 Å². The third-order valence-corrected chi connectivity index (χ3v) is 2.37. The quantitative estimate of drug-likeness (QED) is 0.770. The van der Waals surface area contributed by atoms with Crippen LogP contribution in [0.4, 0.5) is 0 Å². The Labute approximate surface area is 88.0 Å². The zero-order valence-corrected chi connectivity index (χ0v) is 8.46. The Balaban J connectivity index is 2.36. The second-order valence-electron chi connectivity index (χ2n) is 3.47. The lowest BCUT2D eigenvalue weighted by Crippen LogP contribution is -2.16. The van der Waals surface area contributed by atoms with E-state index >= 15 is 0 Å². The largest absolute Gasteiger partial charge is 0.508 e. The van der Waals surface area contributed by atoms with E-state index in [4.69, 9.17) is 5.73 Å². The fourth-order valence-electron chi connectivity index (χ4n) is 1.54. The Morgan fingerprint density at radius 3 is 2.87 bits per heavy atom. The number of rotatable bonds is 2. The van der Waals surface area contributed by atoms with Gasteiger partial charge in [-0.2, -0.15) is 0 Å². The second kappa shape index (κ2) is 3.74. The highest BCUT2D eigenvalue weighted by Gasteiger charge is 2.13. The molecule has 78 valence electrons. The molecule has 0 aliphatic heterocycles. The van der Waals surface area contributed by atoms with Gasteiger partial charge < -0.3 is 15.4 Å². The van der Waals surface area contributed by atoms with Crippen molar-refractivity contribution in [1.29, 1.82) is 0 Å². The highest BCUT2D eigenvalue weighted by atomic mass is 16.3. The molecule has 0 radical (unpaired) electrons. The van der Waals surface area contributed by atoms with Crippen molar-refractivity contribution in [3.05, 3.63) is 48.0 Å². The maximum Gasteiger partial charge on any atom is 0.129 e. The van der Waals surface area contributed by atoms with Crippen LogP contribution in [-0.2, 0) is 7.05 Å². The summed E-state index contributed by atoms with van der Waals surface area (Å²) < 4.78 is 1.87. The Morgan fingerprint density at radius 2 is 2.27 bits per heavy atom. The lowest BCUT2D eigenvalue weighted by Gasteiger charge is -2.11. The van der Waals surface area contributed by atoms with Gasteiger partial charge in [0.05, 0.1) is 6.04 Å². The molecule has 1 aromatic carbocycles. The number of phenols is 1. The summed E-state index contributed by atoms with van der Waals surface area (Å²) in [5.74, 6) is 0.998. The molecule has 2 aromatic rings. The van der Waals surface area contributed by atoms with E-state index in [1.165, 1.54) is 0 Å². The highest BCUT2D eigenvalue weighted by Crippen LogP contribution is 2.20. The molecule has 0 saturated carbocycles. The van der Waals surface area contributed by atoms with Gasteiger partial charge in [-0.3, -0.25) is 0 Å². The molecule has 0 amide bonds. The molecule has 0 aliphatic carbocycles. The molecule has 15 heavy (non-hydrogen) atoms. The van der Waals surface area contributed by atoms with Crippen molar-refractivity contribution in [2.45, 2.75) is 6.04 Å².